The van der Waals surface area contributed by atoms with Crippen molar-refractivity contribution in [3.63, 3.8) is 0 Å². The van der Waals surface area contributed by atoms with Crippen LogP contribution in [0, 0.1) is 11.6 Å². The zero-order chi connectivity index (χ0) is 16.8. The van der Waals surface area contributed by atoms with E-state index in [1.165, 1.54) is 12.1 Å². The van der Waals surface area contributed by atoms with Crippen molar-refractivity contribution >= 4 is 11.8 Å². The highest BCUT2D eigenvalue weighted by atomic mass is 19.1. The van der Waals surface area contributed by atoms with Gasteiger partial charge in [0.2, 0.25) is 0 Å². The zero-order valence-electron chi connectivity index (χ0n) is 12.5. The molecule has 0 atom stereocenters. The molecule has 2 aromatic rings. The number of amides is 1. The number of ether oxygens (including phenoxy) is 2. The summed E-state index contributed by atoms with van der Waals surface area (Å²) in [5, 5.41) is 0.870. The maximum Gasteiger partial charge on any atom is 0.428 e. The highest BCUT2D eigenvalue weighted by Gasteiger charge is 2.12. The van der Waals surface area contributed by atoms with Crippen molar-refractivity contribution in [2.75, 3.05) is 11.6 Å². The van der Waals surface area contributed by atoms with E-state index in [1.54, 1.807) is 31.2 Å². The van der Waals surface area contributed by atoms with E-state index in [-0.39, 0.29) is 13.2 Å². The number of nitrogens with two attached hydrogens (primary N) is 1. The molecular weight excluding hydrogens is 306 g/mol. The SMILES string of the molecule is CCOC(=O)N(N)c1ccc(OCc2cc(F)cc(F)c2)cc1. The summed E-state index contributed by atoms with van der Waals surface area (Å²) in [6, 6.07) is 9.49. The summed E-state index contributed by atoms with van der Waals surface area (Å²) in [6.45, 7) is 1.91. The fourth-order valence-corrected chi connectivity index (χ4v) is 1.86. The molecule has 0 aliphatic rings. The van der Waals surface area contributed by atoms with E-state index in [0.29, 0.717) is 17.0 Å². The number of hydrogen-bond acceptors (Lipinski definition) is 4. The lowest BCUT2D eigenvalue weighted by molar-refractivity contribution is 0.160. The third-order valence-corrected chi connectivity index (χ3v) is 2.91. The van der Waals surface area contributed by atoms with Crippen LogP contribution in [0.1, 0.15) is 12.5 Å². The van der Waals surface area contributed by atoms with Crippen LogP contribution in [0.2, 0.25) is 0 Å². The molecule has 0 aromatic heterocycles. The number of carbonyl (C=O) groups is 1. The molecule has 2 N–H and O–H groups in total. The molecule has 0 fully saturated rings. The average molecular weight is 322 g/mol. The molecule has 0 bridgehead atoms. The second-order valence-electron chi connectivity index (χ2n) is 4.63. The number of hydrazine groups is 1. The van der Waals surface area contributed by atoms with Crippen molar-refractivity contribution in [1.82, 2.24) is 0 Å². The predicted molar refractivity (Wildman–Crippen MR) is 80.8 cm³/mol. The number of nitrogens with zero attached hydrogens (tertiary/aromatic N) is 1. The van der Waals surface area contributed by atoms with E-state index in [4.69, 9.17) is 15.3 Å². The van der Waals surface area contributed by atoms with Crippen molar-refractivity contribution in [3.05, 3.63) is 59.7 Å². The van der Waals surface area contributed by atoms with E-state index in [0.717, 1.165) is 11.1 Å². The molecule has 0 saturated carbocycles. The molecule has 5 nitrogen and oxygen atoms in total. The Morgan fingerprint density at radius 3 is 2.30 bits per heavy atom. The predicted octanol–water partition coefficient (Wildman–Crippen LogP) is 3.38. The van der Waals surface area contributed by atoms with Crippen molar-refractivity contribution in [2.24, 2.45) is 5.84 Å². The van der Waals surface area contributed by atoms with Gasteiger partial charge in [-0.05, 0) is 48.9 Å². The van der Waals surface area contributed by atoms with Gasteiger partial charge in [-0.25, -0.2) is 24.4 Å². The van der Waals surface area contributed by atoms with Gasteiger partial charge >= 0.3 is 6.09 Å². The van der Waals surface area contributed by atoms with Crippen LogP contribution in [0.5, 0.6) is 5.75 Å². The normalized spacial score (nSPS) is 10.3. The first kappa shape index (κ1) is 16.7. The van der Waals surface area contributed by atoms with E-state index in [9.17, 15) is 13.6 Å². The molecule has 0 aliphatic carbocycles. The first-order valence-corrected chi connectivity index (χ1v) is 6.89. The highest BCUT2D eigenvalue weighted by Crippen LogP contribution is 2.19. The Hall–Kier alpha value is -2.67. The second-order valence-corrected chi connectivity index (χ2v) is 4.63. The van der Waals surface area contributed by atoms with Crippen LogP contribution in [-0.4, -0.2) is 12.7 Å². The van der Waals surface area contributed by atoms with Crippen LogP contribution in [0.15, 0.2) is 42.5 Å². The van der Waals surface area contributed by atoms with Gasteiger partial charge in [-0.15, -0.1) is 0 Å². The lowest BCUT2D eigenvalue weighted by Crippen LogP contribution is -2.37. The molecule has 2 rings (SSSR count). The third-order valence-electron chi connectivity index (χ3n) is 2.91. The lowest BCUT2D eigenvalue weighted by Gasteiger charge is -2.16. The maximum absolute atomic E-state index is 13.1. The summed E-state index contributed by atoms with van der Waals surface area (Å²) in [6.07, 6.45) is -0.670. The van der Waals surface area contributed by atoms with Crippen molar-refractivity contribution < 1.29 is 23.0 Å². The monoisotopic (exact) mass is 322 g/mol. The molecule has 122 valence electrons. The number of carbonyl (C=O) groups excluding carboxylic acids is 1. The number of halogens is 2. The van der Waals surface area contributed by atoms with Gasteiger partial charge in [0.15, 0.2) is 0 Å². The fourth-order valence-electron chi connectivity index (χ4n) is 1.86. The van der Waals surface area contributed by atoms with Gasteiger partial charge in [-0.1, -0.05) is 0 Å². The van der Waals surface area contributed by atoms with Gasteiger partial charge in [0.1, 0.15) is 24.0 Å². The molecule has 2 aromatic carbocycles. The molecule has 23 heavy (non-hydrogen) atoms. The van der Waals surface area contributed by atoms with Gasteiger partial charge in [0.25, 0.3) is 0 Å². The molecular formula is C16H16F2N2O3. The Balaban J connectivity index is 1.98. The lowest BCUT2D eigenvalue weighted by atomic mass is 10.2. The Morgan fingerprint density at radius 1 is 1.13 bits per heavy atom. The minimum absolute atomic E-state index is 0.0121. The van der Waals surface area contributed by atoms with Gasteiger partial charge < -0.3 is 9.47 Å². The molecule has 0 radical (unpaired) electrons. The standard InChI is InChI=1S/C16H16F2N2O3/c1-2-22-16(21)20(19)14-3-5-15(6-4-14)23-10-11-7-12(17)9-13(18)8-11/h3-9H,2,10,19H2,1H3. The van der Waals surface area contributed by atoms with Crippen LogP contribution < -0.4 is 15.6 Å². The van der Waals surface area contributed by atoms with E-state index >= 15 is 0 Å². The molecule has 1 amide bonds. The number of benzene rings is 2. The maximum atomic E-state index is 13.1. The summed E-state index contributed by atoms with van der Waals surface area (Å²) in [5.74, 6) is 4.76. The van der Waals surface area contributed by atoms with Crippen molar-refractivity contribution in [1.29, 1.82) is 0 Å². The number of anilines is 1. The number of rotatable bonds is 5. The zero-order valence-corrected chi connectivity index (χ0v) is 12.5. The van der Waals surface area contributed by atoms with Crippen LogP contribution in [-0.2, 0) is 11.3 Å². The Bertz CT molecular complexity index is 657. The topological polar surface area (TPSA) is 64.8 Å². The fraction of sp³-hybridized carbons (Fsp3) is 0.188. The van der Waals surface area contributed by atoms with Gasteiger partial charge in [-0.3, -0.25) is 0 Å². The summed E-state index contributed by atoms with van der Waals surface area (Å²) in [5.41, 5.74) is 0.797. The number of hydrogen-bond donors (Lipinski definition) is 1. The van der Waals surface area contributed by atoms with Gasteiger partial charge in [0, 0.05) is 6.07 Å². The Labute approximate surface area is 132 Å². The Kier molecular flexibility index (Phi) is 5.48. The van der Waals surface area contributed by atoms with Gasteiger partial charge in [0.05, 0.1) is 12.3 Å². The van der Waals surface area contributed by atoms with E-state index in [2.05, 4.69) is 0 Å². The highest BCUT2D eigenvalue weighted by molar-refractivity contribution is 5.86. The quantitative estimate of drug-likeness (QED) is 0.521. The summed E-state index contributed by atoms with van der Waals surface area (Å²) in [4.78, 5) is 11.5. The van der Waals surface area contributed by atoms with E-state index < -0.39 is 17.7 Å². The van der Waals surface area contributed by atoms with Crippen LogP contribution in [0.4, 0.5) is 19.3 Å². The minimum atomic E-state index is -0.670. The first-order valence-electron chi connectivity index (χ1n) is 6.89. The second kappa shape index (κ2) is 7.55. The third kappa shape index (κ3) is 4.65. The van der Waals surface area contributed by atoms with Crippen LogP contribution in [0.25, 0.3) is 0 Å². The molecule has 0 spiro atoms. The molecule has 0 unspecified atom stereocenters. The van der Waals surface area contributed by atoms with Crippen molar-refractivity contribution in [3.8, 4) is 5.75 Å². The summed E-state index contributed by atoms with van der Waals surface area (Å²) in [7, 11) is 0. The average Bonchev–Trinajstić information content (AvgIpc) is 2.52. The van der Waals surface area contributed by atoms with E-state index in [1.807, 2.05) is 0 Å². The summed E-state index contributed by atoms with van der Waals surface area (Å²) < 4.78 is 36.4. The Morgan fingerprint density at radius 2 is 1.74 bits per heavy atom. The minimum Gasteiger partial charge on any atom is -0.489 e. The molecule has 0 heterocycles. The van der Waals surface area contributed by atoms with Crippen LogP contribution in [0.3, 0.4) is 0 Å². The molecule has 0 saturated heterocycles. The first-order chi connectivity index (χ1) is 11.0. The van der Waals surface area contributed by atoms with Crippen molar-refractivity contribution in [2.45, 2.75) is 13.5 Å². The van der Waals surface area contributed by atoms with Gasteiger partial charge in [-0.2, -0.15) is 0 Å². The van der Waals surface area contributed by atoms with Crippen LogP contribution >= 0.6 is 0 Å². The largest absolute Gasteiger partial charge is 0.489 e. The molecule has 7 heteroatoms. The smallest absolute Gasteiger partial charge is 0.428 e. The molecule has 0 aliphatic heterocycles. The summed E-state index contributed by atoms with van der Waals surface area (Å²) >= 11 is 0.